The zero-order valence-corrected chi connectivity index (χ0v) is 10.4. The van der Waals surface area contributed by atoms with Gasteiger partial charge in [-0.2, -0.15) is 0 Å². The average Bonchev–Trinajstić information content (AvgIpc) is 2.72. The summed E-state index contributed by atoms with van der Waals surface area (Å²) in [6.07, 6.45) is 5.45. The fourth-order valence-electron chi connectivity index (χ4n) is 1.63. The highest BCUT2D eigenvalue weighted by atomic mass is 15.2. The van der Waals surface area contributed by atoms with Crippen molar-refractivity contribution in [3.63, 3.8) is 0 Å². The van der Waals surface area contributed by atoms with Crippen molar-refractivity contribution in [1.82, 2.24) is 14.5 Å². The number of nitrogens with one attached hydrogen (secondary N) is 1. The highest BCUT2D eigenvalue weighted by Crippen LogP contribution is 2.20. The molecular formula is C12H17N5. The molecule has 0 unspecified atom stereocenters. The van der Waals surface area contributed by atoms with Crippen LogP contribution in [0.15, 0.2) is 30.9 Å². The quantitative estimate of drug-likeness (QED) is 0.866. The van der Waals surface area contributed by atoms with E-state index in [9.17, 15) is 0 Å². The van der Waals surface area contributed by atoms with Gasteiger partial charge in [-0.3, -0.25) is 0 Å². The Labute approximate surface area is 101 Å². The molecule has 0 aliphatic heterocycles. The van der Waals surface area contributed by atoms with Crippen LogP contribution in [-0.2, 0) is 13.6 Å². The Morgan fingerprint density at radius 3 is 2.88 bits per heavy atom. The van der Waals surface area contributed by atoms with E-state index in [2.05, 4.69) is 15.3 Å². The normalized spacial score (nSPS) is 10.3. The third-order valence-electron chi connectivity index (χ3n) is 2.59. The highest BCUT2D eigenvalue weighted by Gasteiger charge is 2.05. The molecule has 0 aliphatic rings. The van der Waals surface area contributed by atoms with Gasteiger partial charge >= 0.3 is 0 Å². The third kappa shape index (κ3) is 2.55. The summed E-state index contributed by atoms with van der Waals surface area (Å²) >= 11 is 0. The van der Waals surface area contributed by atoms with Gasteiger partial charge in [0.1, 0.15) is 0 Å². The van der Waals surface area contributed by atoms with E-state index in [1.807, 2.05) is 48.9 Å². The second kappa shape index (κ2) is 4.86. The van der Waals surface area contributed by atoms with Gasteiger partial charge in [0.15, 0.2) is 5.82 Å². The van der Waals surface area contributed by atoms with Crippen LogP contribution in [0.25, 0.3) is 0 Å². The van der Waals surface area contributed by atoms with Crippen molar-refractivity contribution in [1.29, 1.82) is 0 Å². The zero-order chi connectivity index (χ0) is 12.3. The molecule has 17 heavy (non-hydrogen) atoms. The van der Waals surface area contributed by atoms with Crippen LogP contribution in [0.5, 0.6) is 0 Å². The van der Waals surface area contributed by atoms with E-state index in [1.165, 1.54) is 0 Å². The summed E-state index contributed by atoms with van der Waals surface area (Å²) in [5.74, 6) is 0.940. The van der Waals surface area contributed by atoms with Crippen LogP contribution in [0.3, 0.4) is 0 Å². The van der Waals surface area contributed by atoms with Gasteiger partial charge in [-0.05, 0) is 12.1 Å². The van der Waals surface area contributed by atoms with Crippen LogP contribution in [0.2, 0.25) is 0 Å². The van der Waals surface area contributed by atoms with E-state index in [0.717, 1.165) is 23.7 Å². The lowest BCUT2D eigenvalue weighted by atomic mass is 10.3. The summed E-state index contributed by atoms with van der Waals surface area (Å²) < 4.78 is 2.00. The number of anilines is 2. The summed E-state index contributed by atoms with van der Waals surface area (Å²) in [6, 6.07) is 3.96. The highest BCUT2D eigenvalue weighted by molar-refractivity contribution is 5.64. The van der Waals surface area contributed by atoms with Gasteiger partial charge in [0.05, 0.1) is 24.3 Å². The SMILES string of the molecule is CN(C)c1ncccc1NCc1cncn1C. The number of aromatic nitrogens is 3. The van der Waals surface area contributed by atoms with Crippen molar-refractivity contribution in [2.75, 3.05) is 24.3 Å². The molecule has 0 spiro atoms. The van der Waals surface area contributed by atoms with E-state index >= 15 is 0 Å². The lowest BCUT2D eigenvalue weighted by Crippen LogP contribution is -2.14. The van der Waals surface area contributed by atoms with Crippen LogP contribution in [-0.4, -0.2) is 28.6 Å². The number of nitrogens with zero attached hydrogens (tertiary/aromatic N) is 4. The molecule has 2 aromatic rings. The average molecular weight is 231 g/mol. The van der Waals surface area contributed by atoms with E-state index < -0.39 is 0 Å². The molecule has 0 atom stereocenters. The second-order valence-electron chi connectivity index (χ2n) is 4.12. The van der Waals surface area contributed by atoms with Crippen molar-refractivity contribution in [3.05, 3.63) is 36.5 Å². The molecule has 90 valence electrons. The molecule has 2 heterocycles. The van der Waals surface area contributed by atoms with E-state index in [1.54, 1.807) is 12.5 Å². The molecule has 1 N–H and O–H groups in total. The molecule has 5 heteroatoms. The van der Waals surface area contributed by atoms with Gasteiger partial charge in [0, 0.05) is 33.5 Å². The maximum absolute atomic E-state index is 4.34. The summed E-state index contributed by atoms with van der Waals surface area (Å²) in [6.45, 7) is 0.739. The zero-order valence-electron chi connectivity index (χ0n) is 10.4. The first-order chi connectivity index (χ1) is 8.18. The molecule has 0 radical (unpaired) electrons. The lowest BCUT2D eigenvalue weighted by molar-refractivity contribution is 0.837. The van der Waals surface area contributed by atoms with Gasteiger partial charge in [0.25, 0.3) is 0 Å². The van der Waals surface area contributed by atoms with Crippen molar-refractivity contribution < 1.29 is 0 Å². The number of imidazole rings is 1. The minimum atomic E-state index is 0.739. The Morgan fingerprint density at radius 2 is 2.24 bits per heavy atom. The maximum atomic E-state index is 4.34. The monoisotopic (exact) mass is 231 g/mol. The second-order valence-corrected chi connectivity index (χ2v) is 4.12. The molecule has 2 rings (SSSR count). The molecular weight excluding hydrogens is 214 g/mol. The molecule has 0 aromatic carbocycles. The van der Waals surface area contributed by atoms with Gasteiger partial charge < -0.3 is 14.8 Å². The summed E-state index contributed by atoms with van der Waals surface area (Å²) in [4.78, 5) is 10.4. The number of hydrogen-bond acceptors (Lipinski definition) is 4. The van der Waals surface area contributed by atoms with E-state index in [0.29, 0.717) is 0 Å². The topological polar surface area (TPSA) is 46.0 Å². The fourth-order valence-corrected chi connectivity index (χ4v) is 1.63. The standard InChI is InChI=1S/C12H17N5/c1-16(2)12-11(5-4-6-14-12)15-8-10-7-13-9-17(10)3/h4-7,9,15H,8H2,1-3H3. The number of hydrogen-bond donors (Lipinski definition) is 1. The predicted molar refractivity (Wildman–Crippen MR) is 69.1 cm³/mol. The van der Waals surface area contributed by atoms with Crippen LogP contribution >= 0.6 is 0 Å². The van der Waals surface area contributed by atoms with Gasteiger partial charge in [0.2, 0.25) is 0 Å². The van der Waals surface area contributed by atoms with Gasteiger partial charge in [-0.15, -0.1) is 0 Å². The van der Waals surface area contributed by atoms with E-state index in [4.69, 9.17) is 0 Å². The molecule has 0 amide bonds. The van der Waals surface area contributed by atoms with Crippen LogP contribution in [0.4, 0.5) is 11.5 Å². The summed E-state index contributed by atoms with van der Waals surface area (Å²) in [5, 5.41) is 3.37. The first-order valence-corrected chi connectivity index (χ1v) is 5.50. The first-order valence-electron chi connectivity index (χ1n) is 5.50. The maximum Gasteiger partial charge on any atom is 0.151 e. The van der Waals surface area contributed by atoms with E-state index in [-0.39, 0.29) is 0 Å². The Kier molecular flexibility index (Phi) is 3.27. The Bertz CT molecular complexity index is 489. The fraction of sp³-hybridized carbons (Fsp3) is 0.333. The first kappa shape index (κ1) is 11.4. The summed E-state index contributed by atoms with van der Waals surface area (Å²) in [5.41, 5.74) is 2.16. The van der Waals surface area contributed by atoms with Crippen LogP contribution < -0.4 is 10.2 Å². The van der Waals surface area contributed by atoms with Crippen LogP contribution in [0, 0.1) is 0 Å². The van der Waals surface area contributed by atoms with Crippen molar-refractivity contribution >= 4 is 11.5 Å². The Balaban J connectivity index is 2.11. The number of pyridine rings is 1. The molecule has 0 saturated carbocycles. The third-order valence-corrected chi connectivity index (χ3v) is 2.59. The molecule has 0 saturated heterocycles. The molecule has 0 aliphatic carbocycles. The number of rotatable bonds is 4. The number of aryl methyl sites for hydroxylation is 1. The molecule has 0 bridgehead atoms. The minimum absolute atomic E-state index is 0.739. The smallest absolute Gasteiger partial charge is 0.151 e. The van der Waals surface area contributed by atoms with Crippen molar-refractivity contribution in [3.8, 4) is 0 Å². The molecule has 5 nitrogen and oxygen atoms in total. The van der Waals surface area contributed by atoms with Crippen LogP contribution in [0.1, 0.15) is 5.69 Å². The van der Waals surface area contributed by atoms with Crippen molar-refractivity contribution in [2.24, 2.45) is 7.05 Å². The van der Waals surface area contributed by atoms with Crippen molar-refractivity contribution in [2.45, 2.75) is 6.54 Å². The lowest BCUT2D eigenvalue weighted by Gasteiger charge is -2.16. The molecule has 0 fully saturated rings. The molecule has 2 aromatic heterocycles. The van der Waals surface area contributed by atoms with Gasteiger partial charge in [-0.25, -0.2) is 9.97 Å². The predicted octanol–water partition coefficient (Wildman–Crippen LogP) is 1.49. The van der Waals surface area contributed by atoms with Gasteiger partial charge in [-0.1, -0.05) is 0 Å². The largest absolute Gasteiger partial charge is 0.376 e. The Hall–Kier alpha value is -2.04. The summed E-state index contributed by atoms with van der Waals surface area (Å²) in [7, 11) is 5.95. The minimum Gasteiger partial charge on any atom is -0.376 e. The Morgan fingerprint density at radius 1 is 1.41 bits per heavy atom.